The number of nitrogens with zero attached hydrogens (tertiary/aromatic N) is 2. The molecular formula is C13H20N2O3. The molecule has 0 atom stereocenters. The van der Waals surface area contributed by atoms with Gasteiger partial charge in [-0.3, -0.25) is 0 Å². The van der Waals surface area contributed by atoms with Gasteiger partial charge in [0.25, 0.3) is 0 Å². The van der Waals surface area contributed by atoms with Gasteiger partial charge >= 0.3 is 6.09 Å². The van der Waals surface area contributed by atoms with Gasteiger partial charge in [0.2, 0.25) is 0 Å². The van der Waals surface area contributed by atoms with Crippen LogP contribution in [0, 0.1) is 22.7 Å². The van der Waals surface area contributed by atoms with E-state index in [0.29, 0.717) is 31.8 Å². The molecule has 18 heavy (non-hydrogen) atoms. The number of rotatable bonds is 2. The van der Waals surface area contributed by atoms with Crippen molar-refractivity contribution in [1.82, 2.24) is 4.90 Å². The van der Waals surface area contributed by atoms with Crippen LogP contribution in [0.2, 0.25) is 0 Å². The Labute approximate surface area is 107 Å². The molecule has 0 radical (unpaired) electrons. The van der Waals surface area contributed by atoms with Crippen LogP contribution in [0.15, 0.2) is 0 Å². The summed E-state index contributed by atoms with van der Waals surface area (Å²) < 4.78 is 5.34. The molecule has 1 N–H and O–H groups in total. The number of likely N-dealkylation sites (tertiary alicyclic amines) is 1. The quantitative estimate of drug-likeness (QED) is 0.816. The van der Waals surface area contributed by atoms with E-state index in [-0.39, 0.29) is 5.41 Å². The Kier molecular flexibility index (Phi) is 4.07. The van der Waals surface area contributed by atoms with Gasteiger partial charge in [-0.05, 0) is 38.0 Å². The van der Waals surface area contributed by atoms with Crippen LogP contribution in [0.3, 0.4) is 0 Å². The minimum atomic E-state index is -0.868. The summed E-state index contributed by atoms with van der Waals surface area (Å²) in [5.74, 6) is 0.565. The second-order valence-corrected chi connectivity index (χ2v) is 5.42. The van der Waals surface area contributed by atoms with Crippen molar-refractivity contribution in [3.05, 3.63) is 0 Å². The Morgan fingerprint density at radius 3 is 2.50 bits per heavy atom. The predicted octanol–water partition coefficient (Wildman–Crippen LogP) is 2.09. The Hall–Kier alpha value is -1.28. The highest BCUT2D eigenvalue weighted by atomic mass is 16.5. The fraction of sp³-hybridized carbons (Fsp3) is 0.846. The van der Waals surface area contributed by atoms with Crippen molar-refractivity contribution >= 4 is 6.09 Å². The summed E-state index contributed by atoms with van der Waals surface area (Å²) >= 11 is 0. The molecule has 5 heteroatoms. The van der Waals surface area contributed by atoms with Crippen LogP contribution in [0.4, 0.5) is 4.79 Å². The van der Waals surface area contributed by atoms with Gasteiger partial charge in [-0.15, -0.1) is 0 Å². The summed E-state index contributed by atoms with van der Waals surface area (Å²) in [5.41, 5.74) is -0.312. The van der Waals surface area contributed by atoms with Crippen molar-refractivity contribution < 1.29 is 14.6 Å². The summed E-state index contributed by atoms with van der Waals surface area (Å²) in [6, 6.07) is 2.46. The number of carbonyl (C=O) groups is 1. The van der Waals surface area contributed by atoms with Crippen molar-refractivity contribution in [2.75, 3.05) is 26.3 Å². The lowest BCUT2D eigenvalue weighted by Crippen LogP contribution is -2.43. The lowest BCUT2D eigenvalue weighted by Gasteiger charge is -2.38. The largest absolute Gasteiger partial charge is 0.465 e. The maximum Gasteiger partial charge on any atom is 0.407 e. The third kappa shape index (κ3) is 2.94. The van der Waals surface area contributed by atoms with Crippen molar-refractivity contribution in [3.63, 3.8) is 0 Å². The standard InChI is InChI=1S/C13H20N2O3/c14-10-13(9-11-1-7-18-8-2-11)3-5-15(6-4-13)12(16)17/h11H,1-9H2,(H,16,17). The fourth-order valence-electron chi connectivity index (χ4n) is 2.99. The maximum atomic E-state index is 10.9. The SMILES string of the molecule is N#CC1(CC2CCOCC2)CCN(C(=O)O)CC1. The van der Waals surface area contributed by atoms with Gasteiger partial charge in [0.15, 0.2) is 0 Å². The minimum absolute atomic E-state index is 0.312. The Balaban J connectivity index is 1.91. The van der Waals surface area contributed by atoms with Crippen LogP contribution in [-0.4, -0.2) is 42.4 Å². The number of carboxylic acid groups (broad SMARTS) is 1. The van der Waals surface area contributed by atoms with E-state index in [1.807, 2.05) is 0 Å². The molecule has 0 aromatic heterocycles. The van der Waals surface area contributed by atoms with Gasteiger partial charge < -0.3 is 14.7 Å². The molecule has 0 aliphatic carbocycles. The van der Waals surface area contributed by atoms with Crippen molar-refractivity contribution in [2.45, 2.75) is 32.1 Å². The van der Waals surface area contributed by atoms with Gasteiger partial charge in [0.1, 0.15) is 0 Å². The molecule has 100 valence electrons. The third-order valence-electron chi connectivity index (χ3n) is 4.25. The number of nitriles is 1. The zero-order valence-electron chi connectivity index (χ0n) is 10.6. The van der Waals surface area contributed by atoms with Crippen LogP contribution in [-0.2, 0) is 4.74 Å². The molecule has 0 unspecified atom stereocenters. The Bertz CT molecular complexity index is 337. The topological polar surface area (TPSA) is 73.6 Å². The van der Waals surface area contributed by atoms with Crippen LogP contribution >= 0.6 is 0 Å². The molecule has 2 fully saturated rings. The van der Waals surface area contributed by atoms with E-state index in [2.05, 4.69) is 6.07 Å². The number of amides is 1. The summed E-state index contributed by atoms with van der Waals surface area (Å²) in [6.45, 7) is 2.58. The summed E-state index contributed by atoms with van der Waals surface area (Å²) in [7, 11) is 0. The maximum absolute atomic E-state index is 10.9. The fourth-order valence-corrected chi connectivity index (χ4v) is 2.99. The third-order valence-corrected chi connectivity index (χ3v) is 4.25. The molecule has 2 heterocycles. The number of piperidine rings is 1. The zero-order chi connectivity index (χ0) is 13.0. The molecule has 0 bridgehead atoms. The molecule has 2 aliphatic heterocycles. The smallest absolute Gasteiger partial charge is 0.407 e. The minimum Gasteiger partial charge on any atom is -0.465 e. The number of hydrogen-bond donors (Lipinski definition) is 1. The van der Waals surface area contributed by atoms with Crippen LogP contribution < -0.4 is 0 Å². The summed E-state index contributed by atoms with van der Waals surface area (Å²) in [6.07, 6.45) is 3.45. The molecule has 2 rings (SSSR count). The second-order valence-electron chi connectivity index (χ2n) is 5.42. The van der Waals surface area contributed by atoms with E-state index in [1.165, 1.54) is 4.90 Å². The van der Waals surface area contributed by atoms with Gasteiger partial charge in [-0.25, -0.2) is 4.79 Å². The molecule has 0 saturated carbocycles. The molecule has 2 aliphatic rings. The summed E-state index contributed by atoms with van der Waals surface area (Å²) in [5, 5.41) is 18.4. The molecular weight excluding hydrogens is 232 g/mol. The van der Waals surface area contributed by atoms with E-state index in [1.54, 1.807) is 0 Å². The average Bonchev–Trinajstić information content (AvgIpc) is 2.40. The normalized spacial score (nSPS) is 24.5. The first-order chi connectivity index (χ1) is 8.65. The van der Waals surface area contributed by atoms with Gasteiger partial charge in [0, 0.05) is 26.3 Å². The highest BCUT2D eigenvalue weighted by Gasteiger charge is 2.38. The van der Waals surface area contributed by atoms with Gasteiger partial charge in [-0.1, -0.05) is 0 Å². The molecule has 0 aromatic rings. The van der Waals surface area contributed by atoms with E-state index >= 15 is 0 Å². The molecule has 2 saturated heterocycles. The molecule has 0 spiro atoms. The highest BCUT2D eigenvalue weighted by Crippen LogP contribution is 2.39. The van der Waals surface area contributed by atoms with Gasteiger partial charge in [0.05, 0.1) is 11.5 Å². The lowest BCUT2D eigenvalue weighted by atomic mass is 9.72. The van der Waals surface area contributed by atoms with Crippen molar-refractivity contribution in [3.8, 4) is 6.07 Å². The first kappa shape index (κ1) is 13.2. The van der Waals surface area contributed by atoms with Crippen LogP contribution in [0.1, 0.15) is 32.1 Å². The second kappa shape index (κ2) is 5.57. The van der Waals surface area contributed by atoms with E-state index < -0.39 is 6.09 Å². The van der Waals surface area contributed by atoms with E-state index in [0.717, 1.165) is 32.5 Å². The molecule has 0 aromatic carbocycles. The molecule has 1 amide bonds. The monoisotopic (exact) mass is 252 g/mol. The van der Waals surface area contributed by atoms with Crippen molar-refractivity contribution in [1.29, 1.82) is 5.26 Å². The Morgan fingerprint density at radius 1 is 1.39 bits per heavy atom. The van der Waals surface area contributed by atoms with E-state index in [4.69, 9.17) is 9.84 Å². The first-order valence-corrected chi connectivity index (χ1v) is 6.62. The first-order valence-electron chi connectivity index (χ1n) is 6.62. The van der Waals surface area contributed by atoms with Crippen LogP contribution in [0.5, 0.6) is 0 Å². The highest BCUT2D eigenvalue weighted by molar-refractivity contribution is 5.65. The van der Waals surface area contributed by atoms with Crippen LogP contribution in [0.25, 0.3) is 0 Å². The summed E-state index contributed by atoms with van der Waals surface area (Å²) in [4.78, 5) is 12.3. The number of hydrogen-bond acceptors (Lipinski definition) is 3. The van der Waals surface area contributed by atoms with E-state index in [9.17, 15) is 10.1 Å². The number of ether oxygens (including phenoxy) is 1. The van der Waals surface area contributed by atoms with Crippen molar-refractivity contribution in [2.24, 2.45) is 11.3 Å². The molecule has 5 nitrogen and oxygen atoms in total. The zero-order valence-corrected chi connectivity index (χ0v) is 10.6. The van der Waals surface area contributed by atoms with Gasteiger partial charge in [-0.2, -0.15) is 5.26 Å². The Morgan fingerprint density at radius 2 is 2.00 bits per heavy atom. The average molecular weight is 252 g/mol. The predicted molar refractivity (Wildman–Crippen MR) is 65.0 cm³/mol. The lowest BCUT2D eigenvalue weighted by molar-refractivity contribution is 0.0422.